The van der Waals surface area contributed by atoms with E-state index in [1.165, 1.54) is 25.3 Å². The molecule has 0 atom stereocenters. The highest BCUT2D eigenvalue weighted by Crippen LogP contribution is 2.44. The van der Waals surface area contributed by atoms with E-state index >= 15 is 4.39 Å². The highest BCUT2D eigenvalue weighted by Gasteiger charge is 2.30. The third-order valence-electron chi connectivity index (χ3n) is 6.17. The maximum absolute atomic E-state index is 16.1. The summed E-state index contributed by atoms with van der Waals surface area (Å²) in [5.74, 6) is -1.32. The van der Waals surface area contributed by atoms with Crippen LogP contribution in [0.1, 0.15) is 26.3 Å². The second kappa shape index (κ2) is 10.2. The van der Waals surface area contributed by atoms with Crippen molar-refractivity contribution in [3.8, 4) is 16.9 Å². The summed E-state index contributed by atoms with van der Waals surface area (Å²) in [7, 11) is 1.36. The number of pyridine rings is 1. The molecule has 3 aromatic rings. The number of halogens is 3. The Morgan fingerprint density at radius 3 is 2.43 bits per heavy atom. The molecular formula is C26H30ClF2N5O3. The fraction of sp³-hybridized carbons (Fsp3) is 0.385. The van der Waals surface area contributed by atoms with E-state index in [0.717, 1.165) is 0 Å². The van der Waals surface area contributed by atoms with Crippen LogP contribution >= 0.6 is 11.6 Å². The second-order valence-electron chi connectivity index (χ2n) is 9.74. The summed E-state index contributed by atoms with van der Waals surface area (Å²) >= 11 is 6.58. The molecule has 0 radical (unpaired) electrons. The minimum Gasteiger partial charge on any atom is -0.496 e. The number of methoxy groups -OCH3 is 1. The second-order valence-corrected chi connectivity index (χ2v) is 10.2. The Morgan fingerprint density at radius 2 is 1.84 bits per heavy atom. The molecule has 11 heteroatoms. The monoisotopic (exact) mass is 533 g/mol. The van der Waals surface area contributed by atoms with Gasteiger partial charge in [-0.2, -0.15) is 0 Å². The summed E-state index contributed by atoms with van der Waals surface area (Å²) in [6, 6.07) is 5.73. The van der Waals surface area contributed by atoms with Crippen LogP contribution in [0.25, 0.3) is 22.0 Å². The van der Waals surface area contributed by atoms with Crippen LogP contribution in [0.5, 0.6) is 5.75 Å². The van der Waals surface area contributed by atoms with Gasteiger partial charge in [0.15, 0.2) is 5.82 Å². The number of anilines is 2. The lowest BCUT2D eigenvalue weighted by Crippen LogP contribution is -2.50. The van der Waals surface area contributed by atoms with Gasteiger partial charge in [0.05, 0.1) is 23.4 Å². The molecule has 0 saturated carbocycles. The summed E-state index contributed by atoms with van der Waals surface area (Å²) in [6.45, 7) is 7.09. The number of amides is 1. The van der Waals surface area contributed by atoms with Crippen LogP contribution in [0, 0.1) is 11.6 Å². The van der Waals surface area contributed by atoms with E-state index in [0.29, 0.717) is 42.8 Å². The summed E-state index contributed by atoms with van der Waals surface area (Å²) in [6.07, 6.45) is -0.400. The van der Waals surface area contributed by atoms with Crippen molar-refractivity contribution < 1.29 is 23.0 Å². The third kappa shape index (κ3) is 5.08. The minimum atomic E-state index is -0.824. The van der Waals surface area contributed by atoms with Crippen molar-refractivity contribution in [2.24, 2.45) is 5.73 Å². The van der Waals surface area contributed by atoms with Gasteiger partial charge in [0.1, 0.15) is 28.5 Å². The van der Waals surface area contributed by atoms with E-state index in [1.807, 2.05) is 25.7 Å². The summed E-state index contributed by atoms with van der Waals surface area (Å²) in [5, 5.41) is 0.374. The highest BCUT2D eigenvalue weighted by atomic mass is 35.5. The maximum atomic E-state index is 16.1. The maximum Gasteiger partial charge on any atom is 0.410 e. The lowest BCUT2D eigenvalue weighted by atomic mass is 9.98. The van der Waals surface area contributed by atoms with Crippen LogP contribution in [0.3, 0.4) is 0 Å². The first-order valence-corrected chi connectivity index (χ1v) is 12.2. The molecule has 0 spiro atoms. The number of carbonyl (C=O) groups excluding carboxylic acids is 1. The topological polar surface area (TPSA) is 107 Å². The molecule has 1 saturated heterocycles. The zero-order valence-electron chi connectivity index (χ0n) is 21.2. The first kappa shape index (κ1) is 26.7. The van der Waals surface area contributed by atoms with Gasteiger partial charge in [0.2, 0.25) is 0 Å². The lowest BCUT2D eigenvalue weighted by Gasteiger charge is -2.38. The number of nitrogens with two attached hydrogens (primary N) is 2. The number of fused-ring (bicyclic) bond motifs is 1. The van der Waals surface area contributed by atoms with Crippen molar-refractivity contribution in [3.63, 3.8) is 0 Å². The quantitative estimate of drug-likeness (QED) is 0.489. The molecule has 1 amide bonds. The number of piperazine rings is 1. The molecular weight excluding hydrogens is 504 g/mol. The van der Waals surface area contributed by atoms with Gasteiger partial charge in [0.25, 0.3) is 0 Å². The molecule has 37 heavy (non-hydrogen) atoms. The summed E-state index contributed by atoms with van der Waals surface area (Å²) < 4.78 is 41.6. The van der Waals surface area contributed by atoms with Gasteiger partial charge in [0, 0.05) is 49.2 Å². The number of aromatic nitrogens is 1. The highest BCUT2D eigenvalue weighted by molar-refractivity contribution is 6.34. The number of hydrogen-bond acceptors (Lipinski definition) is 7. The summed E-state index contributed by atoms with van der Waals surface area (Å²) in [4.78, 5) is 20.4. The number of benzene rings is 2. The molecule has 1 aliphatic rings. The van der Waals surface area contributed by atoms with Gasteiger partial charge in [-0.05, 0) is 39.0 Å². The minimum absolute atomic E-state index is 0.0171. The summed E-state index contributed by atoms with van der Waals surface area (Å²) in [5.41, 5.74) is 12.4. The number of carbonyl (C=O) groups is 1. The average molecular weight is 534 g/mol. The van der Waals surface area contributed by atoms with Crippen LogP contribution in [0.15, 0.2) is 24.3 Å². The predicted octanol–water partition coefficient (Wildman–Crippen LogP) is 4.94. The fourth-order valence-corrected chi connectivity index (χ4v) is 4.80. The van der Waals surface area contributed by atoms with E-state index in [4.69, 9.17) is 32.5 Å². The van der Waals surface area contributed by atoms with Gasteiger partial charge in [-0.15, -0.1) is 0 Å². The van der Waals surface area contributed by atoms with Crippen molar-refractivity contribution in [1.29, 1.82) is 0 Å². The first-order valence-electron chi connectivity index (χ1n) is 11.8. The third-order valence-corrected chi connectivity index (χ3v) is 6.47. The molecule has 4 N–H and O–H groups in total. The molecule has 2 heterocycles. The number of hydrogen-bond donors (Lipinski definition) is 2. The lowest BCUT2D eigenvalue weighted by molar-refractivity contribution is 0.0240. The van der Waals surface area contributed by atoms with Gasteiger partial charge < -0.3 is 30.7 Å². The Morgan fingerprint density at radius 1 is 1.16 bits per heavy atom. The largest absolute Gasteiger partial charge is 0.496 e. The zero-order chi connectivity index (χ0) is 27.1. The Hall–Kier alpha value is -3.37. The Bertz CT molecular complexity index is 1350. The van der Waals surface area contributed by atoms with E-state index in [2.05, 4.69) is 4.98 Å². The molecule has 1 fully saturated rings. The van der Waals surface area contributed by atoms with Gasteiger partial charge in [-0.1, -0.05) is 17.7 Å². The smallest absolute Gasteiger partial charge is 0.410 e. The van der Waals surface area contributed by atoms with Gasteiger partial charge >= 0.3 is 6.09 Å². The number of nitrogens with zero attached hydrogens (tertiary/aromatic N) is 3. The molecule has 2 aromatic carbocycles. The van der Waals surface area contributed by atoms with Crippen LogP contribution < -0.4 is 21.1 Å². The molecule has 0 aliphatic carbocycles. The van der Waals surface area contributed by atoms with E-state index in [1.54, 1.807) is 11.0 Å². The van der Waals surface area contributed by atoms with Crippen molar-refractivity contribution in [2.45, 2.75) is 32.9 Å². The van der Waals surface area contributed by atoms with E-state index in [-0.39, 0.29) is 39.8 Å². The SMILES string of the molecule is COc1cccc(F)c1-c1c(Cl)cc2c(N3CCN(C(=O)OC(C)(C)C)CC3)c(CN)c(N)nc2c1F. The molecule has 0 bridgehead atoms. The zero-order valence-corrected chi connectivity index (χ0v) is 22.0. The molecule has 8 nitrogen and oxygen atoms in total. The molecule has 0 unspecified atom stereocenters. The standard InChI is InChI=1S/C26H30ClF2N5O3/c1-26(2,3)37-25(35)34-10-8-33(9-11-34)23-14-12-16(27)19(20-17(28)6-5-7-18(20)36-4)21(29)22(14)32-24(31)15(23)13-30/h5-7,12H,8-11,13,30H2,1-4H3,(H2,31,32). The normalized spacial score (nSPS) is 14.3. The van der Waals surface area contributed by atoms with Crippen LogP contribution in [-0.4, -0.2) is 54.9 Å². The van der Waals surface area contributed by atoms with Crippen molar-refractivity contribution in [3.05, 3.63) is 46.5 Å². The van der Waals surface area contributed by atoms with Crippen LogP contribution in [-0.2, 0) is 11.3 Å². The first-order chi connectivity index (χ1) is 17.5. The van der Waals surface area contributed by atoms with Crippen LogP contribution in [0.2, 0.25) is 5.02 Å². The Kier molecular flexibility index (Phi) is 7.34. The van der Waals surface area contributed by atoms with Gasteiger partial charge in [-0.3, -0.25) is 0 Å². The van der Waals surface area contributed by atoms with E-state index < -0.39 is 23.3 Å². The Labute approximate surface area is 219 Å². The molecule has 198 valence electrons. The number of ether oxygens (including phenoxy) is 2. The predicted molar refractivity (Wildman–Crippen MR) is 141 cm³/mol. The van der Waals surface area contributed by atoms with Crippen molar-refractivity contribution in [2.75, 3.05) is 43.9 Å². The molecule has 1 aliphatic heterocycles. The fourth-order valence-electron chi connectivity index (χ4n) is 4.52. The molecule has 4 rings (SSSR count). The Balaban J connectivity index is 1.81. The van der Waals surface area contributed by atoms with Gasteiger partial charge in [-0.25, -0.2) is 18.6 Å². The average Bonchev–Trinajstić information content (AvgIpc) is 2.84. The molecule has 1 aromatic heterocycles. The number of nitrogen functional groups attached to an aromatic ring is 1. The number of rotatable bonds is 4. The van der Waals surface area contributed by atoms with Crippen molar-refractivity contribution in [1.82, 2.24) is 9.88 Å². The van der Waals surface area contributed by atoms with Crippen molar-refractivity contribution >= 4 is 40.1 Å². The van der Waals surface area contributed by atoms with Crippen LogP contribution in [0.4, 0.5) is 25.1 Å². The van der Waals surface area contributed by atoms with E-state index in [9.17, 15) is 9.18 Å².